The molecule has 2 aromatic rings. The Morgan fingerprint density at radius 3 is 2.17 bits per heavy atom. The van der Waals surface area contributed by atoms with Crippen molar-refractivity contribution in [1.82, 2.24) is 10.3 Å². The van der Waals surface area contributed by atoms with E-state index >= 15 is 0 Å². The molecule has 2 heterocycles. The zero-order chi connectivity index (χ0) is 21.4. The number of nitrogens with one attached hydrogen (secondary N) is 2. The number of halogens is 3. The molecule has 0 radical (unpaired) electrons. The Bertz CT molecular complexity index is 996. The molecule has 1 aromatic heterocycles. The van der Waals surface area contributed by atoms with Crippen LogP contribution in [-0.4, -0.2) is 16.9 Å². The summed E-state index contributed by atoms with van der Waals surface area (Å²) in [5.41, 5.74) is 0.215. The molecule has 29 heavy (non-hydrogen) atoms. The number of carbonyl (C=O) groups excluding carboxylic acids is 1. The smallest absolute Gasteiger partial charge is 0.350 e. The number of pyridine rings is 1. The Morgan fingerprint density at radius 1 is 1.03 bits per heavy atom. The van der Waals surface area contributed by atoms with E-state index in [1.807, 2.05) is 24.3 Å². The Labute approximate surface area is 166 Å². The van der Waals surface area contributed by atoms with Crippen LogP contribution >= 0.6 is 0 Å². The van der Waals surface area contributed by atoms with E-state index < -0.39 is 17.3 Å². The molecule has 154 valence electrons. The fraction of sp³-hybridized carbons (Fsp3) is 0.364. The molecule has 4 nitrogen and oxygen atoms in total. The van der Waals surface area contributed by atoms with Gasteiger partial charge in [0.1, 0.15) is 5.56 Å². The van der Waals surface area contributed by atoms with Crippen LogP contribution in [0.3, 0.4) is 0 Å². The predicted molar refractivity (Wildman–Crippen MR) is 105 cm³/mol. The molecule has 2 N–H and O–H groups in total. The summed E-state index contributed by atoms with van der Waals surface area (Å²) in [5.74, 6) is -0.0745. The highest BCUT2D eigenvalue weighted by molar-refractivity contribution is 5.82. The second-order valence-corrected chi connectivity index (χ2v) is 8.23. The maximum Gasteiger partial charge on any atom is 0.421 e. The number of rotatable bonds is 3. The van der Waals surface area contributed by atoms with Gasteiger partial charge in [0.25, 0.3) is 5.56 Å². The fourth-order valence-electron chi connectivity index (χ4n) is 3.31. The summed E-state index contributed by atoms with van der Waals surface area (Å²) in [6, 6.07) is 9.46. The van der Waals surface area contributed by atoms with Crippen LogP contribution in [0.4, 0.5) is 13.2 Å². The summed E-state index contributed by atoms with van der Waals surface area (Å²) in [4.78, 5) is 25.9. The van der Waals surface area contributed by atoms with Crippen LogP contribution in [0.1, 0.15) is 56.0 Å². The minimum Gasteiger partial charge on any atom is -0.350 e. The standard InChI is InChI=1S/C22H23F3N2O2/c1-21(2,3)14-6-4-13(5-7-14)16(12-15-8-11-19(28)26-15)18-10-9-17(20(29)27-18)22(23,24)25/h4-7,9-10,12,15H,8,11H2,1-3H3,(H,26,28)(H,27,29)/b16-12+/t15-/m1/s1. The van der Waals surface area contributed by atoms with Crippen molar-refractivity contribution < 1.29 is 18.0 Å². The van der Waals surface area contributed by atoms with Gasteiger partial charge in [0.05, 0.1) is 0 Å². The number of alkyl halides is 3. The molecule has 0 unspecified atom stereocenters. The highest BCUT2D eigenvalue weighted by Gasteiger charge is 2.34. The van der Waals surface area contributed by atoms with Crippen molar-refractivity contribution in [2.45, 2.75) is 51.2 Å². The van der Waals surface area contributed by atoms with Gasteiger partial charge in [-0.3, -0.25) is 9.59 Å². The van der Waals surface area contributed by atoms with Gasteiger partial charge in [-0.15, -0.1) is 0 Å². The Balaban J connectivity index is 2.07. The van der Waals surface area contributed by atoms with E-state index in [-0.39, 0.29) is 23.1 Å². The number of benzene rings is 1. The number of hydrogen-bond acceptors (Lipinski definition) is 2. The summed E-state index contributed by atoms with van der Waals surface area (Å²) < 4.78 is 38.8. The molecule has 1 atom stereocenters. The van der Waals surface area contributed by atoms with Crippen molar-refractivity contribution in [1.29, 1.82) is 0 Å². The van der Waals surface area contributed by atoms with Gasteiger partial charge in [0.2, 0.25) is 5.91 Å². The fourth-order valence-corrected chi connectivity index (χ4v) is 3.31. The largest absolute Gasteiger partial charge is 0.421 e. The van der Waals surface area contributed by atoms with Crippen molar-refractivity contribution in [3.63, 3.8) is 0 Å². The van der Waals surface area contributed by atoms with E-state index in [1.54, 1.807) is 6.08 Å². The van der Waals surface area contributed by atoms with E-state index in [9.17, 15) is 22.8 Å². The lowest BCUT2D eigenvalue weighted by Gasteiger charge is -2.20. The van der Waals surface area contributed by atoms with Gasteiger partial charge in [0.15, 0.2) is 0 Å². The topological polar surface area (TPSA) is 62.0 Å². The van der Waals surface area contributed by atoms with Gasteiger partial charge in [-0.25, -0.2) is 0 Å². The normalized spacial score (nSPS) is 18.1. The second-order valence-electron chi connectivity index (χ2n) is 8.23. The van der Waals surface area contributed by atoms with Crippen LogP contribution in [0, 0.1) is 0 Å². The molecule has 0 bridgehead atoms. The summed E-state index contributed by atoms with van der Waals surface area (Å²) in [7, 11) is 0. The van der Waals surface area contributed by atoms with Gasteiger partial charge in [-0.1, -0.05) is 51.1 Å². The summed E-state index contributed by atoms with van der Waals surface area (Å²) in [5, 5.41) is 2.82. The van der Waals surface area contributed by atoms with Crippen LogP contribution in [0.2, 0.25) is 0 Å². The third-order valence-electron chi connectivity index (χ3n) is 4.96. The first-order valence-electron chi connectivity index (χ1n) is 9.38. The van der Waals surface area contributed by atoms with E-state index in [1.165, 1.54) is 6.07 Å². The number of carbonyl (C=O) groups is 1. The summed E-state index contributed by atoms with van der Waals surface area (Å²) in [6.45, 7) is 6.25. The summed E-state index contributed by atoms with van der Waals surface area (Å²) >= 11 is 0. The van der Waals surface area contributed by atoms with Crippen LogP contribution < -0.4 is 10.9 Å². The molecular formula is C22H23F3N2O2. The predicted octanol–water partition coefficient (Wildman–Crippen LogP) is 4.40. The van der Waals surface area contributed by atoms with Crippen molar-refractivity contribution in [3.8, 4) is 0 Å². The maximum absolute atomic E-state index is 12.9. The first-order valence-corrected chi connectivity index (χ1v) is 9.38. The lowest BCUT2D eigenvalue weighted by molar-refractivity contribution is -0.138. The number of aromatic nitrogens is 1. The van der Waals surface area contributed by atoms with E-state index in [0.29, 0.717) is 18.4 Å². The van der Waals surface area contributed by atoms with Gasteiger partial charge in [0, 0.05) is 23.7 Å². The lowest BCUT2D eigenvalue weighted by atomic mass is 9.86. The zero-order valence-corrected chi connectivity index (χ0v) is 16.5. The van der Waals surface area contributed by atoms with Crippen LogP contribution in [-0.2, 0) is 16.4 Å². The summed E-state index contributed by atoms with van der Waals surface area (Å²) in [6.07, 6.45) is -1.95. The van der Waals surface area contributed by atoms with E-state index in [4.69, 9.17) is 0 Å². The number of amides is 1. The Hall–Kier alpha value is -2.83. The minimum absolute atomic E-state index is 0.0511. The molecule has 0 spiro atoms. The molecule has 0 saturated carbocycles. The van der Waals surface area contributed by atoms with Crippen LogP contribution in [0.5, 0.6) is 0 Å². The molecular weight excluding hydrogens is 381 g/mol. The third kappa shape index (κ3) is 4.78. The minimum atomic E-state index is -4.72. The molecule has 1 aliphatic rings. The quantitative estimate of drug-likeness (QED) is 0.797. The highest BCUT2D eigenvalue weighted by Crippen LogP contribution is 2.30. The lowest BCUT2D eigenvalue weighted by Crippen LogP contribution is -2.24. The molecule has 1 saturated heterocycles. The highest BCUT2D eigenvalue weighted by atomic mass is 19.4. The van der Waals surface area contributed by atoms with Crippen molar-refractivity contribution in [3.05, 3.63) is 75.2 Å². The second kappa shape index (κ2) is 7.54. The average molecular weight is 404 g/mol. The SMILES string of the molecule is CC(C)(C)c1ccc(/C(=C\[C@H]2CCC(=O)N2)c2ccc(C(F)(F)F)c(=O)[nH]2)cc1. The number of aromatic amines is 1. The molecule has 1 amide bonds. The number of hydrogen-bond donors (Lipinski definition) is 2. The van der Waals surface area contributed by atoms with E-state index in [2.05, 4.69) is 31.1 Å². The molecule has 0 aliphatic carbocycles. The number of H-pyrrole nitrogens is 1. The molecule has 3 rings (SSSR count). The van der Waals surface area contributed by atoms with Crippen molar-refractivity contribution in [2.24, 2.45) is 0 Å². The van der Waals surface area contributed by atoms with Crippen LogP contribution in [0.15, 0.2) is 47.3 Å². The van der Waals surface area contributed by atoms with Crippen LogP contribution in [0.25, 0.3) is 5.57 Å². The Kier molecular flexibility index (Phi) is 5.43. The van der Waals surface area contributed by atoms with Gasteiger partial charge in [-0.05, 0) is 35.1 Å². The van der Waals surface area contributed by atoms with Gasteiger partial charge < -0.3 is 10.3 Å². The molecule has 1 fully saturated rings. The first-order chi connectivity index (χ1) is 13.4. The zero-order valence-electron chi connectivity index (χ0n) is 16.5. The van der Waals surface area contributed by atoms with Gasteiger partial charge in [-0.2, -0.15) is 13.2 Å². The first kappa shape index (κ1) is 20.9. The molecule has 1 aliphatic heterocycles. The molecule has 1 aromatic carbocycles. The monoisotopic (exact) mass is 404 g/mol. The van der Waals surface area contributed by atoms with E-state index in [0.717, 1.165) is 17.2 Å². The average Bonchev–Trinajstić information content (AvgIpc) is 3.03. The maximum atomic E-state index is 12.9. The third-order valence-corrected chi connectivity index (χ3v) is 4.96. The molecule has 7 heteroatoms. The van der Waals surface area contributed by atoms with Crippen molar-refractivity contribution >= 4 is 11.5 Å². The van der Waals surface area contributed by atoms with Crippen molar-refractivity contribution in [2.75, 3.05) is 0 Å². The Morgan fingerprint density at radius 2 is 1.69 bits per heavy atom. The van der Waals surface area contributed by atoms with Gasteiger partial charge >= 0.3 is 6.18 Å².